The van der Waals surface area contributed by atoms with Crippen LogP contribution in [0.4, 0.5) is 13.2 Å². The maximum absolute atomic E-state index is 12.8. The zero-order chi connectivity index (χ0) is 16.8. The van der Waals surface area contributed by atoms with Gasteiger partial charge < -0.3 is 4.74 Å². The van der Waals surface area contributed by atoms with Gasteiger partial charge in [-0.2, -0.15) is 13.2 Å². The third-order valence-corrected chi connectivity index (χ3v) is 4.02. The van der Waals surface area contributed by atoms with Crippen molar-refractivity contribution >= 4 is 39.7 Å². The zero-order valence-electron chi connectivity index (χ0n) is 11.5. The van der Waals surface area contributed by atoms with Crippen LogP contribution in [0, 0.1) is 0 Å². The molecule has 0 heterocycles. The lowest BCUT2D eigenvalue weighted by Gasteiger charge is -2.24. The molecule has 0 radical (unpaired) electrons. The Balaban J connectivity index is 3.26. The van der Waals surface area contributed by atoms with Gasteiger partial charge in [0.1, 0.15) is 0 Å². The van der Waals surface area contributed by atoms with Crippen LogP contribution >= 0.6 is 27.7 Å². The van der Waals surface area contributed by atoms with E-state index in [9.17, 15) is 18.0 Å². The van der Waals surface area contributed by atoms with Crippen molar-refractivity contribution in [3.8, 4) is 0 Å². The fourth-order valence-electron chi connectivity index (χ4n) is 1.58. The van der Waals surface area contributed by atoms with Gasteiger partial charge in [0.05, 0.1) is 7.11 Å². The number of ether oxygens (including phenoxy) is 1. The summed E-state index contributed by atoms with van der Waals surface area (Å²) in [6, 6.07) is 6.86. The van der Waals surface area contributed by atoms with Crippen LogP contribution in [-0.4, -0.2) is 23.3 Å². The molecule has 0 aliphatic heterocycles. The molecule has 0 amide bonds. The van der Waals surface area contributed by atoms with Gasteiger partial charge in [-0.15, -0.1) is 5.73 Å². The first-order valence-corrected chi connectivity index (χ1v) is 7.50. The second-order valence-corrected chi connectivity index (χ2v) is 6.32. The van der Waals surface area contributed by atoms with Gasteiger partial charge in [-0.1, -0.05) is 46.8 Å². The van der Waals surface area contributed by atoms with E-state index in [0.29, 0.717) is 5.56 Å². The highest BCUT2D eigenvalue weighted by atomic mass is 79.9. The monoisotopic (exact) mass is 392 g/mol. The van der Waals surface area contributed by atoms with Crippen LogP contribution in [0.1, 0.15) is 5.56 Å². The molecule has 22 heavy (non-hydrogen) atoms. The van der Waals surface area contributed by atoms with Crippen molar-refractivity contribution in [1.82, 2.24) is 0 Å². The summed E-state index contributed by atoms with van der Waals surface area (Å²) in [7, 11) is 1.03. The van der Waals surface area contributed by atoms with Crippen molar-refractivity contribution in [2.24, 2.45) is 0 Å². The van der Waals surface area contributed by atoms with Gasteiger partial charge in [0.25, 0.3) is 0 Å². The van der Waals surface area contributed by atoms with Gasteiger partial charge in [-0.3, -0.25) is 0 Å². The number of rotatable bonds is 5. The standard InChI is InChI=1S/C15H12BrF3O2S/c1-3-9-14(13(20)21-2,22-15(17,18)19)10-8-11-4-6-12(16)7-5-11/h4-10H,1H2,2H3/b10-8+. The van der Waals surface area contributed by atoms with Crippen molar-refractivity contribution < 1.29 is 22.7 Å². The van der Waals surface area contributed by atoms with Crippen LogP contribution in [-0.2, 0) is 9.53 Å². The summed E-state index contributed by atoms with van der Waals surface area (Å²) in [5.41, 5.74) is -1.76. The van der Waals surface area contributed by atoms with Gasteiger partial charge in [-0.05, 0) is 35.5 Å². The molecule has 7 heteroatoms. The molecule has 2 nitrogen and oxygen atoms in total. The van der Waals surface area contributed by atoms with Gasteiger partial charge in [0.15, 0.2) is 4.75 Å². The third kappa shape index (κ3) is 5.40. The molecule has 0 bridgehead atoms. The molecule has 1 aromatic carbocycles. The minimum atomic E-state index is -4.63. The summed E-state index contributed by atoms with van der Waals surface area (Å²) in [5, 5.41) is 0. The van der Waals surface area contributed by atoms with E-state index in [-0.39, 0.29) is 0 Å². The Labute approximate surface area is 138 Å². The van der Waals surface area contributed by atoms with E-state index in [4.69, 9.17) is 0 Å². The van der Waals surface area contributed by atoms with Crippen molar-refractivity contribution in [3.63, 3.8) is 0 Å². The minimum Gasteiger partial charge on any atom is -0.467 e. The highest BCUT2D eigenvalue weighted by Crippen LogP contribution is 2.43. The molecule has 1 rings (SSSR count). The second kappa shape index (κ2) is 7.72. The number of halogens is 4. The van der Waals surface area contributed by atoms with Crippen LogP contribution in [0.5, 0.6) is 0 Å². The quantitative estimate of drug-likeness (QED) is 0.522. The number of esters is 1. The summed E-state index contributed by atoms with van der Waals surface area (Å²) in [5.74, 6) is -1.06. The average molecular weight is 393 g/mol. The first kappa shape index (κ1) is 18.6. The summed E-state index contributed by atoms with van der Waals surface area (Å²) < 4.78 is 41.7. The van der Waals surface area contributed by atoms with Crippen molar-refractivity contribution in [1.29, 1.82) is 0 Å². The first-order valence-electron chi connectivity index (χ1n) is 5.89. The average Bonchev–Trinajstić information content (AvgIpc) is 2.44. The number of alkyl halides is 3. The van der Waals surface area contributed by atoms with Gasteiger partial charge in [-0.25, -0.2) is 4.79 Å². The Morgan fingerprint density at radius 1 is 1.36 bits per heavy atom. The molecule has 118 valence electrons. The fraction of sp³-hybridized carbons (Fsp3) is 0.200. The molecule has 0 N–H and O–H groups in total. The molecule has 0 fully saturated rings. The number of hydrogen-bond donors (Lipinski definition) is 0. The lowest BCUT2D eigenvalue weighted by molar-refractivity contribution is -0.141. The largest absolute Gasteiger partial charge is 0.467 e. The Morgan fingerprint density at radius 2 is 1.95 bits per heavy atom. The Kier molecular flexibility index (Phi) is 6.53. The third-order valence-electron chi connectivity index (χ3n) is 2.50. The van der Waals surface area contributed by atoms with Crippen molar-refractivity contribution in [2.45, 2.75) is 10.3 Å². The van der Waals surface area contributed by atoms with E-state index in [1.807, 2.05) is 0 Å². The molecule has 0 saturated heterocycles. The molecule has 0 saturated carbocycles. The maximum Gasteiger partial charge on any atom is 0.443 e. The lowest BCUT2D eigenvalue weighted by atomic mass is 10.1. The molecule has 0 aromatic heterocycles. The number of benzene rings is 1. The topological polar surface area (TPSA) is 26.3 Å². The Morgan fingerprint density at radius 3 is 2.41 bits per heavy atom. The van der Waals surface area contributed by atoms with Gasteiger partial charge in [0, 0.05) is 4.47 Å². The SMILES string of the molecule is C=C=CC(/C=C/c1ccc(Br)cc1)(SC(F)(F)F)C(=O)OC. The van der Waals surface area contributed by atoms with Crippen LogP contribution in [0.3, 0.4) is 0 Å². The molecule has 1 atom stereocenters. The maximum atomic E-state index is 12.8. The number of methoxy groups -OCH3 is 1. The summed E-state index contributed by atoms with van der Waals surface area (Å²) in [6.07, 6.45) is 3.47. The molecular formula is C15H12BrF3O2S. The second-order valence-electron chi connectivity index (χ2n) is 4.07. The van der Waals surface area contributed by atoms with Crippen LogP contribution in [0.25, 0.3) is 6.08 Å². The van der Waals surface area contributed by atoms with E-state index in [2.05, 4.69) is 33.0 Å². The van der Waals surface area contributed by atoms with E-state index >= 15 is 0 Å². The van der Waals surface area contributed by atoms with Crippen LogP contribution in [0.15, 0.2) is 53.2 Å². The predicted molar refractivity (Wildman–Crippen MR) is 85.3 cm³/mol. The number of thioether (sulfide) groups is 1. The van der Waals surface area contributed by atoms with E-state index in [1.54, 1.807) is 24.3 Å². The summed E-state index contributed by atoms with van der Waals surface area (Å²) >= 11 is 2.76. The number of carbonyl (C=O) groups is 1. The van der Waals surface area contributed by atoms with E-state index in [0.717, 1.165) is 23.7 Å². The Bertz CT molecular complexity index is 604. The number of carbonyl (C=O) groups excluding carboxylic acids is 1. The number of hydrogen-bond acceptors (Lipinski definition) is 3. The molecule has 0 aliphatic rings. The van der Waals surface area contributed by atoms with Crippen molar-refractivity contribution in [3.05, 3.63) is 58.8 Å². The highest BCUT2D eigenvalue weighted by Gasteiger charge is 2.46. The smallest absolute Gasteiger partial charge is 0.443 e. The van der Waals surface area contributed by atoms with E-state index < -0.39 is 28.0 Å². The lowest BCUT2D eigenvalue weighted by Crippen LogP contribution is -2.35. The zero-order valence-corrected chi connectivity index (χ0v) is 13.9. The predicted octanol–water partition coefficient (Wildman–Crippen LogP) is 4.97. The van der Waals surface area contributed by atoms with Gasteiger partial charge in [0.2, 0.25) is 0 Å². The Hall–Kier alpha value is -1.43. The van der Waals surface area contributed by atoms with E-state index in [1.165, 1.54) is 6.08 Å². The summed E-state index contributed by atoms with van der Waals surface area (Å²) in [6.45, 7) is 3.25. The summed E-state index contributed by atoms with van der Waals surface area (Å²) in [4.78, 5) is 11.9. The van der Waals surface area contributed by atoms with Crippen LogP contribution < -0.4 is 0 Å². The van der Waals surface area contributed by atoms with Crippen molar-refractivity contribution in [2.75, 3.05) is 7.11 Å². The van der Waals surface area contributed by atoms with Crippen LogP contribution in [0.2, 0.25) is 0 Å². The normalized spacial score (nSPS) is 14.2. The molecular weight excluding hydrogens is 381 g/mol. The molecule has 0 spiro atoms. The fourth-order valence-corrected chi connectivity index (χ4v) is 2.67. The molecule has 1 aromatic rings. The highest BCUT2D eigenvalue weighted by molar-refractivity contribution is 9.10. The van der Waals surface area contributed by atoms with Gasteiger partial charge >= 0.3 is 11.5 Å². The first-order chi connectivity index (χ1) is 10.2. The molecule has 0 aliphatic carbocycles. The minimum absolute atomic E-state index is 0.500. The molecule has 1 unspecified atom stereocenters.